The maximum Gasteiger partial charge on any atom is 0.243 e. The number of rotatable bonds is 8. The lowest BCUT2D eigenvalue weighted by atomic mass is 10.00. The van der Waals surface area contributed by atoms with Crippen molar-refractivity contribution in [2.75, 3.05) is 0 Å². The number of nitrogens with one attached hydrogen (secondary N) is 2. The molecule has 0 aromatic heterocycles. The second-order valence-electron chi connectivity index (χ2n) is 5.61. The number of carbonyl (C=O) groups is 3. The molecule has 0 aliphatic rings. The van der Waals surface area contributed by atoms with Crippen LogP contribution in [0.4, 0.5) is 0 Å². The molecule has 0 bridgehead atoms. The molecule has 0 aromatic carbocycles. The van der Waals surface area contributed by atoms with E-state index in [2.05, 4.69) is 10.6 Å². The van der Waals surface area contributed by atoms with E-state index < -0.39 is 29.8 Å². The molecular formula is C14H24N4O3. The van der Waals surface area contributed by atoms with Gasteiger partial charge >= 0.3 is 0 Å². The smallest absolute Gasteiger partial charge is 0.243 e. The van der Waals surface area contributed by atoms with Gasteiger partial charge in [0.25, 0.3) is 0 Å². The molecule has 7 nitrogen and oxygen atoms in total. The molecule has 118 valence electrons. The van der Waals surface area contributed by atoms with Gasteiger partial charge in [-0.15, -0.1) is 0 Å². The lowest BCUT2D eigenvalue weighted by Crippen LogP contribution is -2.53. The van der Waals surface area contributed by atoms with Crippen molar-refractivity contribution >= 4 is 17.7 Å². The van der Waals surface area contributed by atoms with E-state index in [1.54, 1.807) is 6.92 Å². The van der Waals surface area contributed by atoms with Crippen molar-refractivity contribution in [1.82, 2.24) is 10.6 Å². The Labute approximate surface area is 125 Å². The van der Waals surface area contributed by atoms with Crippen LogP contribution in [0.15, 0.2) is 0 Å². The zero-order valence-corrected chi connectivity index (χ0v) is 13.0. The molecule has 0 heterocycles. The van der Waals surface area contributed by atoms with Gasteiger partial charge in [0.15, 0.2) is 0 Å². The fourth-order valence-electron chi connectivity index (χ4n) is 1.87. The average molecular weight is 296 g/mol. The Bertz CT molecular complexity index is 428. The molecule has 0 saturated heterocycles. The van der Waals surface area contributed by atoms with Crippen molar-refractivity contribution in [3.05, 3.63) is 0 Å². The van der Waals surface area contributed by atoms with Crippen molar-refractivity contribution < 1.29 is 14.4 Å². The maximum atomic E-state index is 12.2. The molecule has 4 N–H and O–H groups in total. The molecular weight excluding hydrogens is 272 g/mol. The summed E-state index contributed by atoms with van der Waals surface area (Å²) in [6.45, 7) is 6.81. The van der Waals surface area contributed by atoms with Crippen LogP contribution in [0.5, 0.6) is 0 Å². The Morgan fingerprint density at radius 1 is 1.10 bits per heavy atom. The third kappa shape index (κ3) is 7.92. The van der Waals surface area contributed by atoms with Crippen LogP contribution in [-0.2, 0) is 14.4 Å². The zero-order valence-electron chi connectivity index (χ0n) is 13.0. The first kappa shape index (κ1) is 18.9. The minimum absolute atomic E-state index is 0.145. The highest BCUT2D eigenvalue weighted by molar-refractivity contribution is 5.91. The van der Waals surface area contributed by atoms with E-state index in [1.807, 2.05) is 19.9 Å². The number of nitrogens with zero attached hydrogens (tertiary/aromatic N) is 1. The molecule has 0 fully saturated rings. The summed E-state index contributed by atoms with van der Waals surface area (Å²) in [5.74, 6) is -1.70. The quantitative estimate of drug-likeness (QED) is 0.585. The third-order valence-electron chi connectivity index (χ3n) is 2.87. The molecule has 0 aliphatic carbocycles. The first-order chi connectivity index (χ1) is 9.67. The van der Waals surface area contributed by atoms with Gasteiger partial charge in [0.05, 0.1) is 6.07 Å². The Morgan fingerprint density at radius 3 is 2.05 bits per heavy atom. The summed E-state index contributed by atoms with van der Waals surface area (Å²) >= 11 is 0. The summed E-state index contributed by atoms with van der Waals surface area (Å²) in [6.07, 6.45) is 0.594. The highest BCUT2D eigenvalue weighted by atomic mass is 16.2. The van der Waals surface area contributed by atoms with E-state index in [0.29, 0.717) is 6.42 Å². The number of hydrogen-bond donors (Lipinski definition) is 3. The Hall–Kier alpha value is -2.10. The lowest BCUT2D eigenvalue weighted by molar-refractivity contribution is -0.131. The first-order valence-electron chi connectivity index (χ1n) is 6.93. The van der Waals surface area contributed by atoms with Crippen LogP contribution in [0.2, 0.25) is 0 Å². The number of nitrogens with two attached hydrogens (primary N) is 1. The van der Waals surface area contributed by atoms with Gasteiger partial charge in [-0.2, -0.15) is 5.26 Å². The molecule has 3 atom stereocenters. The van der Waals surface area contributed by atoms with Crippen molar-refractivity contribution in [2.45, 2.75) is 52.6 Å². The van der Waals surface area contributed by atoms with Gasteiger partial charge in [-0.25, -0.2) is 0 Å². The van der Waals surface area contributed by atoms with E-state index >= 15 is 0 Å². The highest BCUT2D eigenvalue weighted by Crippen LogP contribution is 2.08. The average Bonchev–Trinajstić information content (AvgIpc) is 2.35. The van der Waals surface area contributed by atoms with E-state index in [4.69, 9.17) is 11.0 Å². The third-order valence-corrected chi connectivity index (χ3v) is 2.87. The van der Waals surface area contributed by atoms with E-state index in [9.17, 15) is 14.4 Å². The van der Waals surface area contributed by atoms with Gasteiger partial charge in [-0.1, -0.05) is 13.8 Å². The largest absolute Gasteiger partial charge is 0.368 e. The van der Waals surface area contributed by atoms with Gasteiger partial charge in [-0.3, -0.25) is 14.4 Å². The van der Waals surface area contributed by atoms with E-state index in [1.165, 1.54) is 6.92 Å². The number of carbonyl (C=O) groups excluding carboxylic acids is 3. The summed E-state index contributed by atoms with van der Waals surface area (Å²) in [4.78, 5) is 34.7. The number of amides is 3. The van der Waals surface area contributed by atoms with E-state index in [-0.39, 0.29) is 18.2 Å². The van der Waals surface area contributed by atoms with Crippen LogP contribution in [0, 0.1) is 23.2 Å². The molecule has 0 saturated carbocycles. The lowest BCUT2D eigenvalue weighted by Gasteiger charge is -2.23. The standard InChI is InChI=1S/C14H24N4O3/c1-8(2)5-12(17-10(4)19)14(21)18-11(13(16)20)6-9(3)7-15/h8-9,11-12H,5-6H2,1-4H3,(H2,16,20)(H,17,19)(H,18,21)/t9-,11-,12+/m1/s1. The van der Waals surface area contributed by atoms with Crippen molar-refractivity contribution in [3.8, 4) is 6.07 Å². The predicted molar refractivity (Wildman–Crippen MR) is 77.6 cm³/mol. The summed E-state index contributed by atoms with van der Waals surface area (Å²) in [5, 5.41) is 13.8. The highest BCUT2D eigenvalue weighted by Gasteiger charge is 2.26. The van der Waals surface area contributed by atoms with Crippen LogP contribution in [0.25, 0.3) is 0 Å². The van der Waals surface area contributed by atoms with Crippen molar-refractivity contribution in [2.24, 2.45) is 17.6 Å². The molecule has 0 unspecified atom stereocenters. The summed E-state index contributed by atoms with van der Waals surface area (Å²) in [7, 11) is 0. The predicted octanol–water partition coefficient (Wildman–Crippen LogP) is 0.0571. The van der Waals surface area contributed by atoms with Crippen molar-refractivity contribution in [3.63, 3.8) is 0 Å². The number of hydrogen-bond acceptors (Lipinski definition) is 4. The Morgan fingerprint density at radius 2 is 1.67 bits per heavy atom. The topological polar surface area (TPSA) is 125 Å². The maximum absolute atomic E-state index is 12.2. The second kappa shape index (κ2) is 8.95. The fourth-order valence-corrected chi connectivity index (χ4v) is 1.87. The van der Waals surface area contributed by atoms with E-state index in [0.717, 1.165) is 0 Å². The van der Waals surface area contributed by atoms with Gasteiger partial charge < -0.3 is 16.4 Å². The molecule has 0 spiro atoms. The van der Waals surface area contributed by atoms with Gasteiger partial charge in [0.2, 0.25) is 17.7 Å². The van der Waals surface area contributed by atoms with Crippen LogP contribution < -0.4 is 16.4 Å². The molecule has 0 radical (unpaired) electrons. The Balaban J connectivity index is 4.86. The first-order valence-corrected chi connectivity index (χ1v) is 6.93. The second-order valence-corrected chi connectivity index (χ2v) is 5.61. The summed E-state index contributed by atoms with van der Waals surface area (Å²) in [6, 6.07) is 0.347. The Kier molecular flexibility index (Phi) is 8.06. The van der Waals surface area contributed by atoms with Crippen LogP contribution in [0.3, 0.4) is 0 Å². The molecule has 21 heavy (non-hydrogen) atoms. The van der Waals surface area contributed by atoms with Gasteiger partial charge in [-0.05, 0) is 25.7 Å². The molecule has 0 aromatic rings. The number of primary amides is 1. The molecule has 7 heteroatoms. The van der Waals surface area contributed by atoms with Crippen LogP contribution >= 0.6 is 0 Å². The monoisotopic (exact) mass is 296 g/mol. The van der Waals surface area contributed by atoms with Crippen molar-refractivity contribution in [1.29, 1.82) is 5.26 Å². The molecule has 0 aliphatic heterocycles. The normalized spacial score (nSPS) is 14.7. The fraction of sp³-hybridized carbons (Fsp3) is 0.714. The zero-order chi connectivity index (χ0) is 16.6. The number of nitriles is 1. The summed E-state index contributed by atoms with van der Waals surface area (Å²) < 4.78 is 0. The minimum Gasteiger partial charge on any atom is -0.368 e. The molecule has 0 rings (SSSR count). The summed E-state index contributed by atoms with van der Waals surface area (Å²) in [5.41, 5.74) is 5.24. The SMILES string of the molecule is CC(=O)N[C@@H](CC(C)C)C(=O)N[C@H](C[C@@H](C)C#N)C(N)=O. The minimum atomic E-state index is -0.921. The van der Waals surface area contributed by atoms with Gasteiger partial charge in [0, 0.05) is 12.8 Å². The van der Waals surface area contributed by atoms with Crippen LogP contribution in [-0.4, -0.2) is 29.8 Å². The van der Waals surface area contributed by atoms with Gasteiger partial charge in [0.1, 0.15) is 12.1 Å². The molecule has 3 amide bonds. The van der Waals surface area contributed by atoms with Crippen LogP contribution in [0.1, 0.15) is 40.5 Å².